The Bertz CT molecular complexity index is 2250. The first kappa shape index (κ1) is 108. The van der Waals surface area contributed by atoms with Gasteiger partial charge in [-0.15, -0.1) is 0 Å². The molecule has 0 aromatic heterocycles. The molecule has 4 amide bonds. The highest BCUT2D eigenvalue weighted by atomic mass is 31.2. The standard InChI is InChI=1S/C86H164N4O20P2/c1-7-13-19-25-29-33-37-43-47-53-77(91)69-83(95)89-75(71-103-65-61-79(55-49-41-23-17-11-5)109-85(97)57-51-45-39-35-31-27-21-15-9-3)73-107-111(99,100)105-67-63-87-81(93)59-60-82(94)88-64-68-106-112(101,102)108-74-76(90-84(96)70-78(92)54-48-44-38-34-30-26-20-14-8-2)72-104-66-62-80(56-50-42-24-18-12-6)110-86(98)58-52-46-40-36-32-28-22-16-10-4/h75-76,79-80H,7-74H2,1-6H3,(H,87,93)(H,88,94)(H,89,95)(H,90,96)(H,99,100)(H,101,102)/t75?,76?,79-,80-/m1/s1. The lowest BCUT2D eigenvalue weighted by Crippen LogP contribution is -2.42. The third-order valence-electron chi connectivity index (χ3n) is 20.0. The highest BCUT2D eigenvalue weighted by Gasteiger charge is 2.28. The molecule has 0 aliphatic carbocycles. The number of rotatable bonds is 87. The van der Waals surface area contributed by atoms with Crippen LogP contribution in [0.25, 0.3) is 0 Å². The fourth-order valence-electron chi connectivity index (χ4n) is 13.2. The molecule has 0 heterocycles. The first-order valence-corrected chi connectivity index (χ1v) is 48.1. The largest absolute Gasteiger partial charge is 0.472 e. The van der Waals surface area contributed by atoms with Crippen molar-refractivity contribution in [3.63, 3.8) is 0 Å². The molecule has 0 spiro atoms. The van der Waals surface area contributed by atoms with Crippen LogP contribution in [0.2, 0.25) is 0 Å². The van der Waals surface area contributed by atoms with Gasteiger partial charge in [-0.25, -0.2) is 9.13 Å². The summed E-state index contributed by atoms with van der Waals surface area (Å²) in [5, 5.41) is 10.5. The van der Waals surface area contributed by atoms with Crippen LogP contribution in [0.4, 0.5) is 0 Å². The normalized spacial score (nSPS) is 13.7. The number of ether oxygens (including phenoxy) is 4. The van der Waals surface area contributed by atoms with E-state index in [0.717, 1.165) is 141 Å². The summed E-state index contributed by atoms with van der Waals surface area (Å²) in [6.07, 6.45) is 51.6. The molecule has 0 aromatic carbocycles. The second-order valence-electron chi connectivity index (χ2n) is 31.0. The van der Waals surface area contributed by atoms with Crippen LogP contribution in [0.1, 0.15) is 414 Å². The lowest BCUT2D eigenvalue weighted by atomic mass is 10.0. The van der Waals surface area contributed by atoms with Crippen molar-refractivity contribution in [2.45, 2.75) is 438 Å². The predicted octanol–water partition coefficient (Wildman–Crippen LogP) is 20.2. The van der Waals surface area contributed by atoms with E-state index in [1.54, 1.807) is 0 Å². The summed E-state index contributed by atoms with van der Waals surface area (Å²) in [5.41, 5.74) is 0. The van der Waals surface area contributed by atoms with Crippen molar-refractivity contribution in [3.05, 3.63) is 0 Å². The highest BCUT2D eigenvalue weighted by Crippen LogP contribution is 2.44. The van der Waals surface area contributed by atoms with Crippen molar-refractivity contribution in [2.75, 3.05) is 65.9 Å². The number of phosphoric ester groups is 2. The van der Waals surface area contributed by atoms with E-state index in [-0.39, 0.29) is 114 Å². The minimum Gasteiger partial charge on any atom is -0.462 e. The zero-order valence-corrected chi connectivity index (χ0v) is 73.3. The highest BCUT2D eigenvalue weighted by molar-refractivity contribution is 7.47. The predicted molar refractivity (Wildman–Crippen MR) is 447 cm³/mol. The molecule has 0 fully saturated rings. The van der Waals surface area contributed by atoms with Gasteiger partial charge in [0.1, 0.15) is 23.8 Å². The molecule has 0 aromatic rings. The Morgan fingerprint density at radius 3 is 0.830 bits per heavy atom. The molecule has 0 aliphatic rings. The summed E-state index contributed by atoms with van der Waals surface area (Å²) >= 11 is 0. The summed E-state index contributed by atoms with van der Waals surface area (Å²) in [7, 11) is -9.58. The summed E-state index contributed by atoms with van der Waals surface area (Å²) < 4.78 is 71.1. The van der Waals surface area contributed by atoms with Gasteiger partial charge < -0.3 is 50.0 Å². The Balaban J connectivity index is 5.57. The monoisotopic (exact) mass is 1640 g/mol. The van der Waals surface area contributed by atoms with E-state index in [4.69, 9.17) is 37.0 Å². The second-order valence-corrected chi connectivity index (χ2v) is 33.9. The molecule has 0 aliphatic heterocycles. The van der Waals surface area contributed by atoms with Gasteiger partial charge >= 0.3 is 27.6 Å². The van der Waals surface area contributed by atoms with Crippen LogP contribution in [0, 0.1) is 0 Å². The molecular weight excluding hydrogens is 1470 g/mol. The maximum Gasteiger partial charge on any atom is 0.472 e. The summed E-state index contributed by atoms with van der Waals surface area (Å²) in [5.74, 6) is -3.29. The molecule has 0 bridgehead atoms. The number of carbonyl (C=O) groups excluding carboxylic acids is 8. The summed E-state index contributed by atoms with van der Waals surface area (Å²) in [6, 6.07) is -1.95. The van der Waals surface area contributed by atoms with E-state index >= 15 is 0 Å². The van der Waals surface area contributed by atoms with Gasteiger partial charge in [0.05, 0.1) is 77.8 Å². The van der Waals surface area contributed by atoms with Crippen LogP contribution >= 0.6 is 15.6 Å². The third kappa shape index (κ3) is 75.1. The number of phosphoric acid groups is 2. The van der Waals surface area contributed by atoms with Crippen LogP contribution in [0.5, 0.6) is 0 Å². The number of unbranched alkanes of at least 4 members (excludes halogenated alkanes) is 40. The van der Waals surface area contributed by atoms with Crippen LogP contribution < -0.4 is 21.3 Å². The molecule has 112 heavy (non-hydrogen) atoms. The third-order valence-corrected chi connectivity index (χ3v) is 22.0. The smallest absolute Gasteiger partial charge is 0.462 e. The van der Waals surface area contributed by atoms with Gasteiger partial charge in [0.2, 0.25) is 23.6 Å². The van der Waals surface area contributed by atoms with Gasteiger partial charge in [-0.1, -0.05) is 298 Å². The minimum absolute atomic E-state index is 0.151. The topological polar surface area (TPSA) is 333 Å². The minimum atomic E-state index is -4.79. The maximum atomic E-state index is 13.3. The molecule has 6 N–H and O–H groups in total. The number of ketones is 2. The van der Waals surface area contributed by atoms with Crippen molar-refractivity contribution < 1.29 is 94.3 Å². The number of nitrogens with one attached hydrogen (secondary N) is 4. The maximum absolute atomic E-state index is 13.3. The van der Waals surface area contributed by atoms with Crippen molar-refractivity contribution in [2.24, 2.45) is 0 Å². The number of amides is 4. The van der Waals surface area contributed by atoms with Gasteiger partial charge in [0.15, 0.2) is 0 Å². The average molecular weight is 1640 g/mol. The van der Waals surface area contributed by atoms with Gasteiger partial charge in [-0.05, 0) is 51.4 Å². The second kappa shape index (κ2) is 78.5. The molecular formula is C86H164N4O20P2. The van der Waals surface area contributed by atoms with Gasteiger partial charge in [0.25, 0.3) is 0 Å². The fourth-order valence-corrected chi connectivity index (χ4v) is 14.7. The van der Waals surface area contributed by atoms with Crippen LogP contribution in [0.3, 0.4) is 0 Å². The van der Waals surface area contributed by atoms with Gasteiger partial charge in [-0.3, -0.25) is 56.5 Å². The fraction of sp³-hybridized carbons (Fsp3) is 0.907. The van der Waals surface area contributed by atoms with Crippen LogP contribution in [-0.2, 0) is 84.5 Å². The summed E-state index contributed by atoms with van der Waals surface area (Å²) in [4.78, 5) is 125. The van der Waals surface area contributed by atoms with E-state index in [1.807, 2.05) is 0 Å². The number of hydrogen-bond acceptors (Lipinski definition) is 18. The van der Waals surface area contributed by atoms with E-state index in [1.165, 1.54) is 141 Å². The molecule has 0 rings (SSSR count). The van der Waals surface area contributed by atoms with E-state index < -0.39 is 77.8 Å². The molecule has 26 heteroatoms. The van der Waals surface area contributed by atoms with Crippen molar-refractivity contribution in [3.8, 4) is 0 Å². The van der Waals surface area contributed by atoms with Gasteiger partial charge in [-0.2, -0.15) is 0 Å². The molecule has 0 saturated carbocycles. The Kier molecular flexibility index (Phi) is 75.9. The molecule has 6 atom stereocenters. The number of Topliss-reactive ketones (excluding diaryl/α,β-unsaturated/α-hetero) is 2. The van der Waals surface area contributed by atoms with Crippen molar-refractivity contribution in [1.82, 2.24) is 21.3 Å². The Hall–Kier alpha value is -3.70. The number of hydrogen-bond donors (Lipinski definition) is 6. The number of esters is 2. The zero-order valence-electron chi connectivity index (χ0n) is 71.5. The quantitative estimate of drug-likeness (QED) is 0.0143. The van der Waals surface area contributed by atoms with Crippen molar-refractivity contribution >= 4 is 62.8 Å². The van der Waals surface area contributed by atoms with Crippen molar-refractivity contribution in [1.29, 1.82) is 0 Å². The van der Waals surface area contributed by atoms with Crippen LogP contribution in [-0.4, -0.2) is 147 Å². The molecule has 0 saturated heterocycles. The SMILES string of the molecule is CCCCCCCCCCCC(=O)CC(=O)NC(COCC[C@@H](CCCCCCC)OC(=O)CCCCCCCCCCC)COP(=O)(O)OCCNC(=O)CCC(=O)NCCOP(=O)(O)OCC(COCC[C@@H](CCCCCCC)OC(=O)CCCCCCCCCCC)NC(=O)CC(=O)CCCCCCCCCCC. The lowest BCUT2D eigenvalue weighted by molar-refractivity contribution is -0.151. The first-order valence-electron chi connectivity index (χ1n) is 45.1. The summed E-state index contributed by atoms with van der Waals surface area (Å²) in [6.45, 7) is 10.6. The molecule has 658 valence electrons. The Morgan fingerprint density at radius 1 is 0.286 bits per heavy atom. The molecule has 4 unspecified atom stereocenters. The van der Waals surface area contributed by atoms with E-state index in [9.17, 15) is 57.3 Å². The number of carbonyl (C=O) groups is 8. The zero-order chi connectivity index (χ0) is 82.5. The Morgan fingerprint density at radius 2 is 0.545 bits per heavy atom. The van der Waals surface area contributed by atoms with E-state index in [0.29, 0.717) is 51.4 Å². The molecule has 24 nitrogen and oxygen atoms in total. The molecule has 0 radical (unpaired) electrons. The van der Waals surface area contributed by atoms with Gasteiger partial charge in [0, 0.05) is 64.5 Å². The average Bonchev–Trinajstić information content (AvgIpc) is 0.914. The van der Waals surface area contributed by atoms with Crippen LogP contribution in [0.15, 0.2) is 0 Å². The first-order chi connectivity index (χ1) is 54.2. The van der Waals surface area contributed by atoms with E-state index in [2.05, 4.69) is 62.8 Å². The lowest BCUT2D eigenvalue weighted by Gasteiger charge is -2.22. The Labute approximate surface area is 679 Å².